The number of rotatable bonds is 4. The van der Waals surface area contributed by atoms with Crippen LogP contribution in [0.1, 0.15) is 11.1 Å². The Hall–Kier alpha value is -3.20. The first-order valence-electron chi connectivity index (χ1n) is 7.35. The first-order valence-corrected chi connectivity index (χ1v) is 7.35. The van der Waals surface area contributed by atoms with E-state index < -0.39 is 0 Å². The summed E-state index contributed by atoms with van der Waals surface area (Å²) in [6, 6.07) is 13.6. The number of nitriles is 1. The zero-order valence-electron chi connectivity index (χ0n) is 12.3. The first kappa shape index (κ1) is 13.5. The van der Waals surface area contributed by atoms with Crippen LogP contribution >= 0.6 is 0 Å². The van der Waals surface area contributed by atoms with Gasteiger partial charge in [-0.3, -0.25) is 0 Å². The predicted molar refractivity (Wildman–Crippen MR) is 85.6 cm³/mol. The average Bonchev–Trinajstić information content (AvgIpc) is 3.20. The van der Waals surface area contributed by atoms with E-state index in [9.17, 15) is 0 Å². The SMILES string of the molecule is N#Cc1cccc2[nH]c(NCCc3ccc4c(c3)OCO4)nc12. The third-order valence-electron chi connectivity index (χ3n) is 3.78. The zero-order valence-corrected chi connectivity index (χ0v) is 12.3. The van der Waals surface area contributed by atoms with Crippen LogP contribution in [0.15, 0.2) is 36.4 Å². The molecule has 0 radical (unpaired) electrons. The number of fused-ring (bicyclic) bond motifs is 2. The van der Waals surface area contributed by atoms with E-state index >= 15 is 0 Å². The fourth-order valence-corrected chi connectivity index (χ4v) is 2.63. The summed E-state index contributed by atoms with van der Waals surface area (Å²) in [5.74, 6) is 2.26. The molecule has 114 valence electrons. The molecule has 0 saturated heterocycles. The van der Waals surface area contributed by atoms with E-state index in [1.807, 2.05) is 30.3 Å². The van der Waals surface area contributed by atoms with Crippen LogP contribution in [0.5, 0.6) is 11.5 Å². The molecule has 6 heteroatoms. The van der Waals surface area contributed by atoms with Crippen molar-refractivity contribution in [3.05, 3.63) is 47.5 Å². The summed E-state index contributed by atoms with van der Waals surface area (Å²) >= 11 is 0. The van der Waals surface area contributed by atoms with Gasteiger partial charge in [0, 0.05) is 6.54 Å². The first-order chi connectivity index (χ1) is 11.3. The van der Waals surface area contributed by atoms with Crippen molar-refractivity contribution in [2.45, 2.75) is 6.42 Å². The van der Waals surface area contributed by atoms with Crippen LogP contribution in [-0.4, -0.2) is 23.3 Å². The van der Waals surface area contributed by atoms with Crippen molar-refractivity contribution >= 4 is 17.0 Å². The molecule has 1 aliphatic rings. The third kappa shape index (κ3) is 2.53. The molecule has 6 nitrogen and oxygen atoms in total. The van der Waals surface area contributed by atoms with Crippen LogP contribution in [0, 0.1) is 11.3 Å². The molecular weight excluding hydrogens is 292 g/mol. The van der Waals surface area contributed by atoms with E-state index in [2.05, 4.69) is 21.4 Å². The predicted octanol–water partition coefficient (Wildman–Crippen LogP) is 2.82. The second kappa shape index (κ2) is 5.54. The number of ether oxygens (including phenoxy) is 2. The Morgan fingerprint density at radius 1 is 1.22 bits per heavy atom. The van der Waals surface area contributed by atoms with Crippen molar-refractivity contribution in [1.82, 2.24) is 9.97 Å². The van der Waals surface area contributed by atoms with Gasteiger partial charge in [0.25, 0.3) is 0 Å². The van der Waals surface area contributed by atoms with Crippen molar-refractivity contribution in [1.29, 1.82) is 5.26 Å². The second-order valence-corrected chi connectivity index (χ2v) is 5.26. The van der Waals surface area contributed by atoms with E-state index in [-0.39, 0.29) is 6.79 Å². The topological polar surface area (TPSA) is 83.0 Å². The van der Waals surface area contributed by atoms with Gasteiger partial charge in [-0.05, 0) is 36.2 Å². The van der Waals surface area contributed by atoms with Gasteiger partial charge in [0.05, 0.1) is 11.1 Å². The smallest absolute Gasteiger partial charge is 0.231 e. The van der Waals surface area contributed by atoms with Gasteiger partial charge in [-0.1, -0.05) is 12.1 Å². The number of aromatic amines is 1. The largest absolute Gasteiger partial charge is 0.454 e. The molecule has 0 aliphatic carbocycles. The van der Waals surface area contributed by atoms with E-state index in [1.54, 1.807) is 6.07 Å². The number of hydrogen-bond donors (Lipinski definition) is 2. The number of nitrogens with zero attached hydrogens (tertiary/aromatic N) is 2. The highest BCUT2D eigenvalue weighted by atomic mass is 16.7. The maximum absolute atomic E-state index is 9.10. The van der Waals surface area contributed by atoms with Gasteiger partial charge in [0.1, 0.15) is 11.6 Å². The average molecular weight is 306 g/mol. The summed E-state index contributed by atoms with van der Waals surface area (Å²) in [6.07, 6.45) is 0.832. The molecule has 0 bridgehead atoms. The lowest BCUT2D eigenvalue weighted by Crippen LogP contribution is -2.06. The van der Waals surface area contributed by atoms with Gasteiger partial charge >= 0.3 is 0 Å². The molecule has 0 amide bonds. The lowest BCUT2D eigenvalue weighted by Gasteiger charge is -2.04. The molecule has 0 spiro atoms. The number of aromatic nitrogens is 2. The molecule has 0 fully saturated rings. The van der Waals surface area contributed by atoms with Crippen molar-refractivity contribution in [2.24, 2.45) is 0 Å². The fraction of sp³-hybridized carbons (Fsp3) is 0.176. The molecule has 23 heavy (non-hydrogen) atoms. The summed E-state index contributed by atoms with van der Waals surface area (Å²) in [5, 5.41) is 12.4. The van der Waals surface area contributed by atoms with Gasteiger partial charge in [-0.25, -0.2) is 4.98 Å². The standard InChI is InChI=1S/C17H14N4O2/c18-9-12-2-1-3-13-16(12)21-17(20-13)19-7-6-11-4-5-14-15(8-11)23-10-22-14/h1-5,8H,6-7,10H2,(H2,19,20,21). The van der Waals surface area contributed by atoms with E-state index in [1.165, 1.54) is 0 Å². The molecule has 0 atom stereocenters. The van der Waals surface area contributed by atoms with Crippen molar-refractivity contribution in [3.63, 3.8) is 0 Å². The van der Waals surface area contributed by atoms with Crippen molar-refractivity contribution in [3.8, 4) is 17.6 Å². The highest BCUT2D eigenvalue weighted by Crippen LogP contribution is 2.32. The minimum absolute atomic E-state index is 0.289. The third-order valence-corrected chi connectivity index (χ3v) is 3.78. The molecule has 0 unspecified atom stereocenters. The molecule has 1 aliphatic heterocycles. The normalized spacial score (nSPS) is 12.3. The van der Waals surface area contributed by atoms with Crippen LogP contribution in [-0.2, 0) is 6.42 Å². The Morgan fingerprint density at radius 2 is 2.13 bits per heavy atom. The number of hydrogen-bond acceptors (Lipinski definition) is 5. The Balaban J connectivity index is 1.44. The lowest BCUT2D eigenvalue weighted by atomic mass is 10.1. The quantitative estimate of drug-likeness (QED) is 0.774. The molecule has 0 saturated carbocycles. The molecule has 4 rings (SSSR count). The van der Waals surface area contributed by atoms with E-state index in [0.29, 0.717) is 17.0 Å². The van der Waals surface area contributed by atoms with Crippen LogP contribution in [0.25, 0.3) is 11.0 Å². The molecule has 3 aromatic rings. The number of benzene rings is 2. The van der Waals surface area contributed by atoms with Crippen LogP contribution in [0.4, 0.5) is 5.95 Å². The number of imidazole rings is 1. The van der Waals surface area contributed by atoms with Crippen molar-refractivity contribution < 1.29 is 9.47 Å². The summed E-state index contributed by atoms with van der Waals surface area (Å²) < 4.78 is 10.7. The lowest BCUT2D eigenvalue weighted by molar-refractivity contribution is 0.174. The maximum atomic E-state index is 9.10. The van der Waals surface area contributed by atoms with E-state index in [4.69, 9.17) is 14.7 Å². The summed E-state index contributed by atoms with van der Waals surface area (Å²) in [7, 11) is 0. The van der Waals surface area contributed by atoms with Gasteiger partial charge in [0.2, 0.25) is 12.7 Å². The highest BCUT2D eigenvalue weighted by Gasteiger charge is 2.13. The molecule has 2 N–H and O–H groups in total. The molecule has 2 aromatic carbocycles. The van der Waals surface area contributed by atoms with Gasteiger partial charge < -0.3 is 19.8 Å². The van der Waals surface area contributed by atoms with E-state index in [0.717, 1.165) is 35.5 Å². The highest BCUT2D eigenvalue weighted by molar-refractivity contribution is 5.83. The zero-order chi connectivity index (χ0) is 15.6. The Morgan fingerprint density at radius 3 is 3.04 bits per heavy atom. The fourth-order valence-electron chi connectivity index (χ4n) is 2.63. The summed E-state index contributed by atoms with van der Waals surface area (Å²) in [6.45, 7) is 1.01. The minimum Gasteiger partial charge on any atom is -0.454 e. The maximum Gasteiger partial charge on any atom is 0.231 e. The van der Waals surface area contributed by atoms with Crippen molar-refractivity contribution in [2.75, 3.05) is 18.7 Å². The van der Waals surface area contributed by atoms with Crippen LogP contribution in [0.3, 0.4) is 0 Å². The number of H-pyrrole nitrogens is 1. The molecule has 2 heterocycles. The molecular formula is C17H14N4O2. The Bertz CT molecular complexity index is 911. The van der Waals surface area contributed by atoms with Crippen LogP contribution < -0.4 is 14.8 Å². The van der Waals surface area contributed by atoms with Gasteiger partial charge in [-0.15, -0.1) is 0 Å². The van der Waals surface area contributed by atoms with Gasteiger partial charge in [0.15, 0.2) is 11.5 Å². The number of nitrogens with one attached hydrogen (secondary N) is 2. The number of para-hydroxylation sites is 1. The Labute approximate surface area is 132 Å². The van der Waals surface area contributed by atoms with Crippen LogP contribution in [0.2, 0.25) is 0 Å². The monoisotopic (exact) mass is 306 g/mol. The minimum atomic E-state index is 0.289. The summed E-state index contributed by atoms with van der Waals surface area (Å²) in [5.41, 5.74) is 3.29. The molecule has 1 aromatic heterocycles. The summed E-state index contributed by atoms with van der Waals surface area (Å²) in [4.78, 5) is 7.62. The van der Waals surface area contributed by atoms with Gasteiger partial charge in [-0.2, -0.15) is 5.26 Å². The second-order valence-electron chi connectivity index (χ2n) is 5.26. The Kier molecular flexibility index (Phi) is 3.24. The number of anilines is 1.